The first kappa shape index (κ1) is 18.1. The summed E-state index contributed by atoms with van der Waals surface area (Å²) in [5, 5.41) is 2.90. The van der Waals surface area contributed by atoms with Gasteiger partial charge >= 0.3 is 0 Å². The molecule has 1 aliphatic heterocycles. The number of carbonyl (C=O) groups excluding carboxylic acids is 1. The van der Waals surface area contributed by atoms with Gasteiger partial charge in [-0.15, -0.1) is 0 Å². The molecule has 1 fully saturated rings. The predicted octanol–water partition coefficient (Wildman–Crippen LogP) is 1.49. The molecular formula is C19H24N4O3. The van der Waals surface area contributed by atoms with E-state index >= 15 is 0 Å². The molecule has 1 N–H and O–H groups in total. The second-order valence-corrected chi connectivity index (χ2v) is 6.18. The van der Waals surface area contributed by atoms with Gasteiger partial charge in [-0.05, 0) is 24.6 Å². The first-order chi connectivity index (χ1) is 12.6. The highest BCUT2D eigenvalue weighted by atomic mass is 16.5. The van der Waals surface area contributed by atoms with Gasteiger partial charge in [0, 0.05) is 24.8 Å². The smallest absolute Gasteiger partial charge is 0.224 e. The van der Waals surface area contributed by atoms with Crippen LogP contribution >= 0.6 is 0 Å². The number of aryl methyl sites for hydroxylation is 1. The predicted molar refractivity (Wildman–Crippen MR) is 98.3 cm³/mol. The minimum Gasteiger partial charge on any atom is -0.497 e. The van der Waals surface area contributed by atoms with Crippen LogP contribution in [-0.4, -0.2) is 49.3 Å². The van der Waals surface area contributed by atoms with Crippen LogP contribution in [0.2, 0.25) is 0 Å². The van der Waals surface area contributed by atoms with Crippen molar-refractivity contribution in [2.24, 2.45) is 0 Å². The van der Waals surface area contributed by atoms with Crippen molar-refractivity contribution < 1.29 is 14.3 Å². The van der Waals surface area contributed by atoms with Crippen LogP contribution in [-0.2, 0) is 22.5 Å². The Labute approximate surface area is 153 Å². The van der Waals surface area contributed by atoms with Gasteiger partial charge in [-0.25, -0.2) is 9.97 Å². The molecule has 7 heteroatoms. The summed E-state index contributed by atoms with van der Waals surface area (Å²) in [6, 6.07) is 9.44. The van der Waals surface area contributed by atoms with E-state index in [1.54, 1.807) is 7.11 Å². The van der Waals surface area contributed by atoms with E-state index in [9.17, 15) is 4.79 Å². The Morgan fingerprint density at radius 3 is 2.65 bits per heavy atom. The number of nitrogens with zero attached hydrogens (tertiary/aromatic N) is 3. The maximum Gasteiger partial charge on any atom is 0.224 e. The minimum absolute atomic E-state index is 0.0619. The van der Waals surface area contributed by atoms with Gasteiger partial charge in [0.2, 0.25) is 5.91 Å². The number of hydrogen-bond donors (Lipinski definition) is 1. The van der Waals surface area contributed by atoms with Gasteiger partial charge < -0.3 is 19.7 Å². The van der Waals surface area contributed by atoms with E-state index in [4.69, 9.17) is 9.47 Å². The first-order valence-electron chi connectivity index (χ1n) is 8.71. The molecular weight excluding hydrogens is 332 g/mol. The van der Waals surface area contributed by atoms with E-state index in [1.165, 1.54) is 0 Å². The first-order valence-corrected chi connectivity index (χ1v) is 8.71. The number of anilines is 1. The van der Waals surface area contributed by atoms with Crippen LogP contribution in [0.4, 0.5) is 5.82 Å². The van der Waals surface area contributed by atoms with Crippen molar-refractivity contribution in [3.8, 4) is 5.75 Å². The fourth-order valence-electron chi connectivity index (χ4n) is 2.81. The van der Waals surface area contributed by atoms with Gasteiger partial charge in [-0.1, -0.05) is 12.1 Å². The summed E-state index contributed by atoms with van der Waals surface area (Å²) in [5.74, 6) is 2.22. The number of rotatable bonds is 6. The van der Waals surface area contributed by atoms with Crippen LogP contribution in [0.15, 0.2) is 30.3 Å². The van der Waals surface area contributed by atoms with Gasteiger partial charge in [0.25, 0.3) is 0 Å². The van der Waals surface area contributed by atoms with Crippen molar-refractivity contribution in [3.05, 3.63) is 47.4 Å². The molecule has 1 aliphatic rings. The summed E-state index contributed by atoms with van der Waals surface area (Å²) in [4.78, 5) is 23.4. The lowest BCUT2D eigenvalue weighted by atomic mass is 10.1. The summed E-state index contributed by atoms with van der Waals surface area (Å²) >= 11 is 0. The number of ether oxygens (including phenoxy) is 2. The zero-order valence-electron chi connectivity index (χ0n) is 15.2. The molecule has 26 heavy (non-hydrogen) atoms. The third kappa shape index (κ3) is 4.92. The van der Waals surface area contributed by atoms with E-state index in [0.717, 1.165) is 35.9 Å². The molecule has 1 aromatic heterocycles. The average Bonchev–Trinajstić information content (AvgIpc) is 2.67. The van der Waals surface area contributed by atoms with E-state index in [2.05, 4.69) is 20.2 Å². The summed E-state index contributed by atoms with van der Waals surface area (Å²) in [6.45, 7) is 5.30. The highest BCUT2D eigenvalue weighted by molar-refractivity contribution is 5.78. The van der Waals surface area contributed by atoms with Crippen LogP contribution in [0.5, 0.6) is 5.75 Å². The molecule has 2 aromatic rings. The van der Waals surface area contributed by atoms with Crippen LogP contribution in [0.25, 0.3) is 0 Å². The Bertz CT molecular complexity index is 743. The number of amides is 1. The fraction of sp³-hybridized carbons (Fsp3) is 0.421. The Morgan fingerprint density at radius 2 is 1.96 bits per heavy atom. The SMILES string of the molecule is COc1ccc(CC(=O)NCc2nc(C)cc(N3CCOCC3)n2)cc1. The van der Waals surface area contributed by atoms with Gasteiger partial charge in [-0.3, -0.25) is 4.79 Å². The van der Waals surface area contributed by atoms with Crippen LogP contribution in [0.3, 0.4) is 0 Å². The number of carbonyl (C=O) groups is 1. The Kier molecular flexibility index (Phi) is 6.01. The highest BCUT2D eigenvalue weighted by Gasteiger charge is 2.14. The molecule has 138 valence electrons. The highest BCUT2D eigenvalue weighted by Crippen LogP contribution is 2.14. The monoisotopic (exact) mass is 356 g/mol. The Balaban J connectivity index is 1.57. The topological polar surface area (TPSA) is 76.6 Å². The second-order valence-electron chi connectivity index (χ2n) is 6.18. The third-order valence-corrected chi connectivity index (χ3v) is 4.19. The molecule has 0 unspecified atom stereocenters. The van der Waals surface area contributed by atoms with E-state index in [0.29, 0.717) is 32.0 Å². The molecule has 0 spiro atoms. The van der Waals surface area contributed by atoms with Crippen LogP contribution in [0, 0.1) is 6.92 Å². The normalized spacial score (nSPS) is 14.2. The second kappa shape index (κ2) is 8.62. The van der Waals surface area contributed by atoms with Crippen molar-refractivity contribution in [2.75, 3.05) is 38.3 Å². The largest absolute Gasteiger partial charge is 0.497 e. The quantitative estimate of drug-likeness (QED) is 0.845. The molecule has 1 amide bonds. The number of hydrogen-bond acceptors (Lipinski definition) is 6. The zero-order valence-corrected chi connectivity index (χ0v) is 15.2. The third-order valence-electron chi connectivity index (χ3n) is 4.19. The molecule has 1 saturated heterocycles. The molecule has 2 heterocycles. The molecule has 0 saturated carbocycles. The number of aromatic nitrogens is 2. The molecule has 1 aromatic carbocycles. The van der Waals surface area contributed by atoms with Crippen LogP contribution < -0.4 is 15.0 Å². The number of methoxy groups -OCH3 is 1. The Morgan fingerprint density at radius 1 is 1.23 bits per heavy atom. The van der Waals surface area contributed by atoms with Gasteiger partial charge in [-0.2, -0.15) is 0 Å². The number of nitrogens with one attached hydrogen (secondary N) is 1. The average molecular weight is 356 g/mol. The lowest BCUT2D eigenvalue weighted by Crippen LogP contribution is -2.37. The lowest BCUT2D eigenvalue weighted by molar-refractivity contribution is -0.120. The van der Waals surface area contributed by atoms with Crippen molar-refractivity contribution in [2.45, 2.75) is 19.9 Å². The fourth-order valence-corrected chi connectivity index (χ4v) is 2.81. The van der Waals surface area contributed by atoms with Crippen molar-refractivity contribution in [1.82, 2.24) is 15.3 Å². The molecule has 3 rings (SSSR count). The summed E-state index contributed by atoms with van der Waals surface area (Å²) in [5.41, 5.74) is 1.82. The van der Waals surface area contributed by atoms with Gasteiger partial charge in [0.1, 0.15) is 17.4 Å². The molecule has 0 radical (unpaired) electrons. The maximum absolute atomic E-state index is 12.2. The van der Waals surface area contributed by atoms with Gasteiger partial charge in [0.05, 0.1) is 33.3 Å². The molecule has 0 aliphatic carbocycles. The molecule has 0 bridgehead atoms. The van der Waals surface area contributed by atoms with Crippen molar-refractivity contribution in [3.63, 3.8) is 0 Å². The van der Waals surface area contributed by atoms with Crippen molar-refractivity contribution in [1.29, 1.82) is 0 Å². The van der Waals surface area contributed by atoms with E-state index in [1.807, 2.05) is 37.3 Å². The van der Waals surface area contributed by atoms with E-state index < -0.39 is 0 Å². The number of morpholine rings is 1. The van der Waals surface area contributed by atoms with Crippen molar-refractivity contribution >= 4 is 11.7 Å². The van der Waals surface area contributed by atoms with E-state index in [-0.39, 0.29) is 5.91 Å². The number of benzene rings is 1. The van der Waals surface area contributed by atoms with Gasteiger partial charge in [0.15, 0.2) is 0 Å². The minimum atomic E-state index is -0.0619. The molecule has 7 nitrogen and oxygen atoms in total. The summed E-state index contributed by atoms with van der Waals surface area (Å²) < 4.78 is 10.5. The zero-order chi connectivity index (χ0) is 18.4. The standard InChI is InChI=1S/C19H24N4O3/c1-14-11-18(23-7-9-26-10-8-23)22-17(21-14)13-20-19(24)12-15-3-5-16(25-2)6-4-15/h3-6,11H,7-10,12-13H2,1-2H3,(H,20,24). The van der Waals surface area contributed by atoms with Crippen LogP contribution in [0.1, 0.15) is 17.1 Å². The Hall–Kier alpha value is -2.67. The molecule has 0 atom stereocenters. The maximum atomic E-state index is 12.2. The lowest BCUT2D eigenvalue weighted by Gasteiger charge is -2.28. The summed E-state index contributed by atoms with van der Waals surface area (Å²) in [7, 11) is 1.62. The summed E-state index contributed by atoms with van der Waals surface area (Å²) in [6.07, 6.45) is 0.312.